The van der Waals surface area contributed by atoms with Crippen LogP contribution in [0.25, 0.3) is 0 Å². The second-order valence-corrected chi connectivity index (χ2v) is 6.27. The highest BCUT2D eigenvalue weighted by atomic mass is 19.1. The molecule has 1 aliphatic carbocycles. The van der Waals surface area contributed by atoms with Gasteiger partial charge >= 0.3 is 0 Å². The van der Waals surface area contributed by atoms with Crippen LogP contribution in [0.2, 0.25) is 0 Å². The van der Waals surface area contributed by atoms with E-state index >= 15 is 0 Å². The number of alkyl halides is 1. The molecular formula is C16H27FN2O2. The molecular weight excluding hydrogens is 271 g/mol. The summed E-state index contributed by atoms with van der Waals surface area (Å²) in [5, 5.41) is 2.90. The molecule has 0 aromatic rings. The molecule has 21 heavy (non-hydrogen) atoms. The molecule has 4 nitrogen and oxygen atoms in total. The van der Waals surface area contributed by atoms with E-state index in [1.165, 1.54) is 6.42 Å². The minimum Gasteiger partial charge on any atom is -0.342 e. The number of carbonyl (C=O) groups excluding carboxylic acids is 2. The molecule has 0 bridgehead atoms. The largest absolute Gasteiger partial charge is 0.342 e. The van der Waals surface area contributed by atoms with Crippen molar-refractivity contribution in [2.24, 2.45) is 5.92 Å². The smallest absolute Gasteiger partial charge is 0.245 e. The van der Waals surface area contributed by atoms with Crippen LogP contribution in [-0.2, 0) is 9.59 Å². The van der Waals surface area contributed by atoms with E-state index in [1.54, 1.807) is 4.90 Å². The Morgan fingerprint density at radius 2 is 1.95 bits per heavy atom. The van der Waals surface area contributed by atoms with Crippen LogP contribution in [0.15, 0.2) is 0 Å². The van der Waals surface area contributed by atoms with Gasteiger partial charge in [-0.3, -0.25) is 14.0 Å². The Morgan fingerprint density at radius 3 is 2.57 bits per heavy atom. The molecule has 2 fully saturated rings. The van der Waals surface area contributed by atoms with E-state index < -0.39 is 12.7 Å². The van der Waals surface area contributed by atoms with Crippen LogP contribution in [0.5, 0.6) is 0 Å². The summed E-state index contributed by atoms with van der Waals surface area (Å²) >= 11 is 0. The molecule has 2 amide bonds. The van der Waals surface area contributed by atoms with E-state index in [1.807, 2.05) is 6.92 Å². The minimum absolute atomic E-state index is 0.0135. The average molecular weight is 298 g/mol. The molecule has 120 valence electrons. The van der Waals surface area contributed by atoms with Crippen LogP contribution in [0.3, 0.4) is 0 Å². The van der Waals surface area contributed by atoms with E-state index in [0.29, 0.717) is 19.4 Å². The molecule has 1 saturated heterocycles. The second kappa shape index (κ2) is 7.76. The van der Waals surface area contributed by atoms with Gasteiger partial charge in [0.2, 0.25) is 11.8 Å². The number of nitrogens with zero attached hydrogens (tertiary/aromatic N) is 1. The number of rotatable bonds is 6. The quantitative estimate of drug-likeness (QED) is 0.818. The summed E-state index contributed by atoms with van der Waals surface area (Å²) in [6.07, 6.45) is 7.28. The van der Waals surface area contributed by atoms with Gasteiger partial charge in [0.1, 0.15) is 12.1 Å². The van der Waals surface area contributed by atoms with Crippen molar-refractivity contribution < 1.29 is 14.0 Å². The van der Waals surface area contributed by atoms with Gasteiger partial charge in [-0.2, -0.15) is 0 Å². The lowest BCUT2D eigenvalue weighted by Gasteiger charge is -2.43. The van der Waals surface area contributed by atoms with Crippen molar-refractivity contribution in [2.45, 2.75) is 70.4 Å². The SMILES string of the molecule is CCCC1NC(=O)C(C2CCCCC2)N(CCCF)C1=O. The first-order chi connectivity index (χ1) is 10.2. The number of halogens is 1. The zero-order valence-corrected chi connectivity index (χ0v) is 12.9. The normalized spacial score (nSPS) is 27.8. The van der Waals surface area contributed by atoms with Crippen molar-refractivity contribution in [3.8, 4) is 0 Å². The summed E-state index contributed by atoms with van der Waals surface area (Å²) in [6.45, 7) is 1.92. The van der Waals surface area contributed by atoms with Crippen molar-refractivity contribution in [1.82, 2.24) is 10.2 Å². The minimum atomic E-state index is -0.443. The Bertz CT molecular complexity index is 369. The maximum atomic E-state index is 12.6. The van der Waals surface area contributed by atoms with Gasteiger partial charge in [-0.1, -0.05) is 32.6 Å². The molecule has 2 aliphatic rings. The summed E-state index contributed by atoms with van der Waals surface area (Å²) in [5.41, 5.74) is 0. The molecule has 0 spiro atoms. The summed E-state index contributed by atoms with van der Waals surface area (Å²) in [4.78, 5) is 26.8. The molecule has 2 unspecified atom stereocenters. The van der Waals surface area contributed by atoms with E-state index in [4.69, 9.17) is 0 Å². The Morgan fingerprint density at radius 1 is 1.24 bits per heavy atom. The van der Waals surface area contributed by atoms with Crippen molar-refractivity contribution in [3.63, 3.8) is 0 Å². The lowest BCUT2D eigenvalue weighted by Crippen LogP contribution is -2.65. The molecule has 0 radical (unpaired) electrons. The van der Waals surface area contributed by atoms with Crippen molar-refractivity contribution in [2.75, 3.05) is 13.2 Å². The predicted octanol–water partition coefficient (Wildman–Crippen LogP) is 2.42. The Kier molecular flexibility index (Phi) is 6.00. The molecule has 1 saturated carbocycles. The summed E-state index contributed by atoms with van der Waals surface area (Å²) in [7, 11) is 0. The zero-order chi connectivity index (χ0) is 15.2. The van der Waals surface area contributed by atoms with E-state index in [-0.39, 0.29) is 23.8 Å². The van der Waals surface area contributed by atoms with Gasteiger partial charge in [0.15, 0.2) is 0 Å². The third-order valence-electron chi connectivity index (χ3n) is 4.71. The second-order valence-electron chi connectivity index (χ2n) is 6.27. The number of piperazine rings is 1. The number of nitrogens with one attached hydrogen (secondary N) is 1. The number of hydrogen-bond acceptors (Lipinski definition) is 2. The van der Waals surface area contributed by atoms with Crippen LogP contribution in [0, 0.1) is 5.92 Å². The van der Waals surface area contributed by atoms with Gasteiger partial charge in [0.05, 0.1) is 6.67 Å². The molecule has 1 aliphatic heterocycles. The summed E-state index contributed by atoms with van der Waals surface area (Å²) < 4.78 is 12.5. The molecule has 2 atom stereocenters. The highest BCUT2D eigenvalue weighted by molar-refractivity contribution is 5.97. The standard InChI is InChI=1S/C16H27FN2O2/c1-2-7-13-16(21)19(11-6-10-17)14(15(20)18-13)12-8-4-3-5-9-12/h12-14H,2-11H2,1H3,(H,18,20). The summed E-state index contributed by atoms with van der Waals surface area (Å²) in [6, 6.07) is -0.792. The monoisotopic (exact) mass is 298 g/mol. The highest BCUT2D eigenvalue weighted by Crippen LogP contribution is 2.31. The zero-order valence-electron chi connectivity index (χ0n) is 12.9. The van der Waals surface area contributed by atoms with E-state index in [0.717, 1.165) is 32.1 Å². The first-order valence-corrected chi connectivity index (χ1v) is 8.35. The molecule has 1 N–H and O–H groups in total. The predicted molar refractivity (Wildman–Crippen MR) is 79.5 cm³/mol. The molecule has 5 heteroatoms. The molecule has 0 aromatic carbocycles. The van der Waals surface area contributed by atoms with E-state index in [2.05, 4.69) is 5.32 Å². The Balaban J connectivity index is 2.14. The van der Waals surface area contributed by atoms with Gasteiger partial charge < -0.3 is 10.2 Å². The third-order valence-corrected chi connectivity index (χ3v) is 4.71. The number of carbonyl (C=O) groups is 2. The highest BCUT2D eigenvalue weighted by Gasteiger charge is 2.43. The van der Waals surface area contributed by atoms with Gasteiger partial charge in [-0.05, 0) is 31.6 Å². The van der Waals surface area contributed by atoms with Crippen LogP contribution < -0.4 is 5.32 Å². The van der Waals surface area contributed by atoms with E-state index in [9.17, 15) is 14.0 Å². The fourth-order valence-electron chi connectivity index (χ4n) is 3.68. The average Bonchev–Trinajstić information content (AvgIpc) is 2.50. The van der Waals surface area contributed by atoms with Crippen LogP contribution in [0.1, 0.15) is 58.3 Å². The number of hydrogen-bond donors (Lipinski definition) is 1. The van der Waals surface area contributed by atoms with Gasteiger partial charge in [-0.15, -0.1) is 0 Å². The van der Waals surface area contributed by atoms with Crippen LogP contribution >= 0.6 is 0 Å². The van der Waals surface area contributed by atoms with Crippen LogP contribution in [-0.4, -0.2) is 42.0 Å². The topological polar surface area (TPSA) is 49.4 Å². The van der Waals surface area contributed by atoms with Crippen molar-refractivity contribution in [3.05, 3.63) is 0 Å². The lowest BCUT2D eigenvalue weighted by atomic mass is 9.81. The first-order valence-electron chi connectivity index (χ1n) is 8.35. The lowest BCUT2D eigenvalue weighted by molar-refractivity contribution is -0.152. The van der Waals surface area contributed by atoms with Gasteiger partial charge in [0.25, 0.3) is 0 Å². The Labute approximate surface area is 126 Å². The van der Waals surface area contributed by atoms with Crippen molar-refractivity contribution >= 4 is 11.8 Å². The fraction of sp³-hybridized carbons (Fsp3) is 0.875. The molecule has 1 heterocycles. The van der Waals surface area contributed by atoms with Crippen LogP contribution in [0.4, 0.5) is 4.39 Å². The molecule has 0 aromatic heterocycles. The van der Waals surface area contributed by atoms with Crippen molar-refractivity contribution in [1.29, 1.82) is 0 Å². The van der Waals surface area contributed by atoms with Gasteiger partial charge in [0, 0.05) is 6.54 Å². The maximum Gasteiger partial charge on any atom is 0.245 e. The summed E-state index contributed by atoms with van der Waals surface area (Å²) in [5.74, 6) is 0.198. The number of amides is 2. The Hall–Kier alpha value is -1.13. The third kappa shape index (κ3) is 3.74. The maximum absolute atomic E-state index is 12.6. The van der Waals surface area contributed by atoms with Gasteiger partial charge in [-0.25, -0.2) is 0 Å². The first kappa shape index (κ1) is 16.2. The molecule has 2 rings (SSSR count). The fourth-order valence-corrected chi connectivity index (χ4v) is 3.68.